The minimum atomic E-state index is -1.20. The van der Waals surface area contributed by atoms with Gasteiger partial charge in [-0.25, -0.2) is 14.4 Å². The van der Waals surface area contributed by atoms with Gasteiger partial charge in [0.2, 0.25) is 6.10 Å². The van der Waals surface area contributed by atoms with Gasteiger partial charge in [0.25, 0.3) is 0 Å². The van der Waals surface area contributed by atoms with E-state index in [1.807, 2.05) is 166 Å². The Morgan fingerprint density at radius 3 is 1.49 bits per heavy atom. The number of rotatable bonds is 12. The van der Waals surface area contributed by atoms with Crippen molar-refractivity contribution in [3.05, 3.63) is 165 Å². The molecule has 0 spiro atoms. The SMILES string of the molecule is CC(C)(C)OC(C(=O)O)c1sc2ccc3ncccc3c2c1-c1ccc2c(c1)CCCO2.CC(C)(C)OC(C(=O)O)c1sc2ccccc2c1-c1ccc2c(c1)CCCO2.Cc1cccc2oc(C(OC(C)(C)C)C(=O)O)c(-c3ccc4c(c3)CCCO4)c12. The molecule has 3 N–H and O–H groups in total. The largest absolute Gasteiger partial charge is 0.493 e. The molecule has 4 aromatic heterocycles. The Morgan fingerprint density at radius 2 is 0.966 bits per heavy atom. The highest BCUT2D eigenvalue weighted by atomic mass is 32.1. The van der Waals surface area contributed by atoms with Crippen LogP contribution in [-0.4, -0.2) is 74.8 Å². The molecule has 0 saturated heterocycles. The zero-order valence-electron chi connectivity index (χ0n) is 51.9. The smallest absolute Gasteiger partial charge is 0.340 e. The summed E-state index contributed by atoms with van der Waals surface area (Å²) in [5.41, 5.74) is 9.77. The molecule has 3 unspecified atom stereocenters. The van der Waals surface area contributed by atoms with Gasteiger partial charge in [0, 0.05) is 53.8 Å². The molecule has 10 aromatic rings. The highest BCUT2D eigenvalue weighted by Crippen LogP contribution is 2.49. The predicted molar refractivity (Wildman–Crippen MR) is 351 cm³/mol. The second-order valence-electron chi connectivity index (χ2n) is 25.6. The Balaban J connectivity index is 0.000000138. The van der Waals surface area contributed by atoms with Gasteiger partial charge in [0.15, 0.2) is 18.0 Å². The van der Waals surface area contributed by atoms with Crippen LogP contribution in [0.1, 0.15) is 138 Å². The van der Waals surface area contributed by atoms with Crippen LogP contribution in [0.4, 0.5) is 0 Å². The zero-order valence-corrected chi connectivity index (χ0v) is 53.5. The van der Waals surface area contributed by atoms with Gasteiger partial charge in [0.1, 0.15) is 22.8 Å². The summed E-state index contributed by atoms with van der Waals surface area (Å²) in [6.07, 6.45) is 4.30. The van der Waals surface area contributed by atoms with E-state index in [-0.39, 0.29) is 0 Å². The minimum Gasteiger partial charge on any atom is -0.493 e. The molecule has 13 rings (SSSR count). The highest BCUT2D eigenvalue weighted by Gasteiger charge is 2.37. The number of aliphatic carboxylic acids is 3. The maximum Gasteiger partial charge on any atom is 0.340 e. The molecule has 0 bridgehead atoms. The Morgan fingerprint density at radius 1 is 0.494 bits per heavy atom. The van der Waals surface area contributed by atoms with Gasteiger partial charge in [-0.05, 0) is 213 Å². The van der Waals surface area contributed by atoms with Crippen molar-refractivity contribution in [3.8, 4) is 50.6 Å². The van der Waals surface area contributed by atoms with Crippen molar-refractivity contribution in [1.82, 2.24) is 4.98 Å². The van der Waals surface area contributed by atoms with Crippen LogP contribution in [0.5, 0.6) is 17.2 Å². The maximum absolute atomic E-state index is 12.4. The molecule has 0 saturated carbocycles. The van der Waals surface area contributed by atoms with Gasteiger partial charge >= 0.3 is 17.9 Å². The predicted octanol–water partition coefficient (Wildman–Crippen LogP) is 17.9. The third kappa shape index (κ3) is 13.7. The fourth-order valence-corrected chi connectivity index (χ4v) is 14.4. The van der Waals surface area contributed by atoms with Crippen LogP contribution < -0.4 is 14.2 Å². The fraction of sp³-hybridized carbons (Fsp3) is 0.342. The number of fused-ring (bicyclic) bond motifs is 8. The Hall–Kier alpha value is -8.12. The summed E-state index contributed by atoms with van der Waals surface area (Å²) in [5.74, 6) is 0.0324. The van der Waals surface area contributed by atoms with Crippen LogP contribution in [-0.2, 0) is 47.9 Å². The van der Waals surface area contributed by atoms with Crippen LogP contribution in [0.25, 0.3) is 75.4 Å². The van der Waals surface area contributed by atoms with Crippen molar-refractivity contribution in [2.75, 3.05) is 19.8 Å². The third-order valence-electron chi connectivity index (χ3n) is 15.4. The van der Waals surface area contributed by atoms with E-state index in [0.717, 1.165) is 167 Å². The van der Waals surface area contributed by atoms with Crippen LogP contribution in [0.2, 0.25) is 0 Å². The lowest BCUT2D eigenvalue weighted by atomic mass is 9.94. The van der Waals surface area contributed by atoms with E-state index >= 15 is 0 Å². The molecular weight excluding hydrogens is 1160 g/mol. The molecule has 3 aliphatic heterocycles. The van der Waals surface area contributed by atoms with E-state index in [9.17, 15) is 29.7 Å². The zero-order chi connectivity index (χ0) is 63.1. The maximum atomic E-state index is 12.4. The van der Waals surface area contributed by atoms with Crippen LogP contribution in [0.15, 0.2) is 132 Å². The standard InChI is InChI=1S/C26H25NO4S.C24H26O5.C23H24O4S/c1-26(2,3)31-23(25(28)29)24-21(16-8-10-19-15(14-16)6-5-13-30-19)22-17-7-4-12-27-18(17)9-11-20(22)32-24;1-14-7-5-9-18-19(14)20(16-10-11-17-15(13-16)8-6-12-27-17)21(28-18)22(23(25)26)29-24(2,3)4;1-23(2,3)27-20(22(24)25)21-19(16-8-4-5-9-18(16)28-21)15-10-11-17-14(13-15)7-6-12-26-17/h4,7-12,14,23H,5-6,13H2,1-3H3,(H,28,29);5,7,9-11,13,22H,6,8,12H2,1-4H3,(H,25,26);4-5,8-11,13,20H,6-7,12H2,1-3H3,(H,24,25). The summed E-state index contributed by atoms with van der Waals surface area (Å²) in [6, 6.07) is 40.2. The summed E-state index contributed by atoms with van der Waals surface area (Å²) in [7, 11) is 0. The second-order valence-corrected chi connectivity index (χ2v) is 27.8. The number of hydrogen-bond acceptors (Lipinski definition) is 13. The van der Waals surface area contributed by atoms with Crippen LogP contribution in [0.3, 0.4) is 0 Å². The Bertz CT molecular complexity index is 4300. The number of carboxylic acid groups (broad SMARTS) is 3. The monoisotopic (exact) mass is 1240 g/mol. The first-order chi connectivity index (χ1) is 42.4. The number of nitrogens with zero attached hydrogens (tertiary/aromatic N) is 1. The molecule has 89 heavy (non-hydrogen) atoms. The molecule has 7 heterocycles. The number of furan rings is 1. The van der Waals surface area contributed by atoms with Gasteiger partial charge < -0.3 is 48.2 Å². The van der Waals surface area contributed by atoms with Crippen LogP contribution in [0, 0.1) is 6.92 Å². The summed E-state index contributed by atoms with van der Waals surface area (Å²) < 4.78 is 43.5. The molecule has 462 valence electrons. The normalized spacial score (nSPS) is 15.0. The van der Waals surface area contributed by atoms with Gasteiger partial charge in [0.05, 0.1) is 51.9 Å². The molecule has 0 amide bonds. The highest BCUT2D eigenvalue weighted by molar-refractivity contribution is 7.20. The lowest BCUT2D eigenvalue weighted by Crippen LogP contribution is -2.27. The van der Waals surface area contributed by atoms with Crippen molar-refractivity contribution in [2.24, 2.45) is 0 Å². The first kappa shape index (κ1) is 62.5. The van der Waals surface area contributed by atoms with E-state index in [2.05, 4.69) is 29.2 Å². The van der Waals surface area contributed by atoms with E-state index in [1.54, 1.807) is 6.20 Å². The second kappa shape index (κ2) is 25.4. The van der Waals surface area contributed by atoms with Crippen molar-refractivity contribution in [3.63, 3.8) is 0 Å². The van der Waals surface area contributed by atoms with E-state index < -0.39 is 53.0 Å². The number of benzene rings is 6. The van der Waals surface area contributed by atoms with Crippen LogP contribution >= 0.6 is 22.7 Å². The third-order valence-corrected chi connectivity index (χ3v) is 17.8. The summed E-state index contributed by atoms with van der Waals surface area (Å²) in [4.78, 5) is 42.6. The van der Waals surface area contributed by atoms with Gasteiger partial charge in [-0.3, -0.25) is 4.98 Å². The Kier molecular flexibility index (Phi) is 17.8. The molecule has 16 heteroatoms. The Labute approximate surface area is 525 Å². The average Bonchev–Trinajstić information content (AvgIpc) is 1.64. The number of ether oxygens (including phenoxy) is 6. The van der Waals surface area contributed by atoms with E-state index in [4.69, 9.17) is 32.8 Å². The summed E-state index contributed by atoms with van der Waals surface area (Å²) >= 11 is 2.98. The lowest BCUT2D eigenvalue weighted by Gasteiger charge is -2.25. The van der Waals surface area contributed by atoms with Crippen molar-refractivity contribution >= 4 is 82.6 Å². The number of carboxylic acids is 3. The van der Waals surface area contributed by atoms with Crippen molar-refractivity contribution < 1.29 is 62.5 Å². The van der Waals surface area contributed by atoms with Crippen molar-refractivity contribution in [1.29, 1.82) is 0 Å². The number of pyridine rings is 1. The number of carbonyl (C=O) groups is 3. The molecular formula is C73H75NO13S2. The quantitative estimate of drug-likeness (QED) is 0.105. The molecule has 0 radical (unpaired) electrons. The topological polar surface area (TPSA) is 193 Å². The fourth-order valence-electron chi connectivity index (χ4n) is 11.9. The van der Waals surface area contributed by atoms with Crippen molar-refractivity contribution in [2.45, 2.75) is 143 Å². The van der Waals surface area contributed by atoms with E-state index in [0.29, 0.717) is 16.2 Å². The number of aromatic nitrogens is 1. The minimum absolute atomic E-state index is 0.327. The van der Waals surface area contributed by atoms with E-state index in [1.165, 1.54) is 28.2 Å². The molecule has 14 nitrogen and oxygen atoms in total. The molecule has 0 fully saturated rings. The molecule has 0 aliphatic carbocycles. The first-order valence-electron chi connectivity index (χ1n) is 30.2. The first-order valence-corrected chi connectivity index (χ1v) is 31.9. The van der Waals surface area contributed by atoms with Gasteiger partial charge in [-0.2, -0.15) is 0 Å². The van der Waals surface area contributed by atoms with Gasteiger partial charge in [-0.1, -0.05) is 54.6 Å². The number of hydrogen-bond donors (Lipinski definition) is 3. The average molecular weight is 1240 g/mol. The lowest BCUT2D eigenvalue weighted by molar-refractivity contribution is -0.162. The molecule has 3 aliphatic rings. The molecule has 3 atom stereocenters. The molecule has 6 aromatic carbocycles. The number of aryl methyl sites for hydroxylation is 4. The number of thiophene rings is 2. The summed E-state index contributed by atoms with van der Waals surface area (Å²) in [6.45, 7) is 21.0. The van der Waals surface area contributed by atoms with Gasteiger partial charge in [-0.15, -0.1) is 22.7 Å². The summed E-state index contributed by atoms with van der Waals surface area (Å²) in [5, 5.41) is 34.0.